The number of rotatable bonds is 6. The molecule has 0 atom stereocenters. The third-order valence-electron chi connectivity index (χ3n) is 2.86. The Hall–Kier alpha value is -2.35. The molecule has 0 fully saturated rings. The van der Waals surface area contributed by atoms with Gasteiger partial charge in [0.25, 0.3) is 0 Å². The zero-order valence-corrected chi connectivity index (χ0v) is 11.9. The first-order valence-corrected chi connectivity index (χ1v) is 6.76. The van der Waals surface area contributed by atoms with Crippen LogP contribution in [0.3, 0.4) is 0 Å². The smallest absolute Gasteiger partial charge is 0.0614 e. The van der Waals surface area contributed by atoms with Crippen molar-refractivity contribution in [2.75, 3.05) is 0 Å². The Labute approximate surface area is 121 Å². The number of hydrazone groups is 1. The van der Waals surface area contributed by atoms with Crippen LogP contribution in [0.1, 0.15) is 18.1 Å². The summed E-state index contributed by atoms with van der Waals surface area (Å²) in [4.78, 5) is 0. The van der Waals surface area contributed by atoms with E-state index in [0.717, 1.165) is 18.7 Å². The van der Waals surface area contributed by atoms with E-state index < -0.39 is 0 Å². The first-order valence-electron chi connectivity index (χ1n) is 6.76. The first-order chi connectivity index (χ1) is 9.74. The van der Waals surface area contributed by atoms with Crippen molar-refractivity contribution in [3.8, 4) is 0 Å². The minimum atomic E-state index is 0.791. The lowest BCUT2D eigenvalue weighted by Crippen LogP contribution is -2.16. The number of hydrogen-bond donors (Lipinski definition) is 0. The Morgan fingerprint density at radius 2 is 1.40 bits per heavy atom. The van der Waals surface area contributed by atoms with Crippen LogP contribution in [0.25, 0.3) is 0 Å². The maximum atomic E-state index is 4.52. The van der Waals surface area contributed by atoms with Gasteiger partial charge in [0.1, 0.15) is 0 Å². The Bertz CT molecular complexity index is 517. The van der Waals surface area contributed by atoms with E-state index in [-0.39, 0.29) is 0 Å². The minimum absolute atomic E-state index is 0.791. The number of allylic oxidation sites excluding steroid dienone is 1. The van der Waals surface area contributed by atoms with Crippen molar-refractivity contribution >= 4 is 6.21 Å². The van der Waals surface area contributed by atoms with Crippen LogP contribution >= 0.6 is 0 Å². The van der Waals surface area contributed by atoms with Crippen LogP contribution in [0.5, 0.6) is 0 Å². The summed E-state index contributed by atoms with van der Waals surface area (Å²) >= 11 is 0. The van der Waals surface area contributed by atoms with Crippen molar-refractivity contribution in [3.63, 3.8) is 0 Å². The molecule has 0 aliphatic heterocycles. The molecule has 20 heavy (non-hydrogen) atoms. The Kier molecular flexibility index (Phi) is 5.13. The van der Waals surface area contributed by atoms with Gasteiger partial charge < -0.3 is 0 Å². The van der Waals surface area contributed by atoms with Gasteiger partial charge in [-0.05, 0) is 23.6 Å². The lowest BCUT2D eigenvalue weighted by Gasteiger charge is -2.19. The molecule has 2 nitrogen and oxygen atoms in total. The van der Waals surface area contributed by atoms with Gasteiger partial charge in [-0.1, -0.05) is 67.2 Å². The van der Waals surface area contributed by atoms with E-state index in [0.29, 0.717) is 0 Å². The predicted molar refractivity (Wildman–Crippen MR) is 85.4 cm³/mol. The fourth-order valence-electron chi connectivity index (χ4n) is 1.91. The van der Waals surface area contributed by atoms with Crippen LogP contribution in [-0.2, 0) is 13.1 Å². The van der Waals surface area contributed by atoms with Crippen molar-refractivity contribution in [3.05, 3.63) is 83.9 Å². The third-order valence-corrected chi connectivity index (χ3v) is 2.86. The van der Waals surface area contributed by atoms with Gasteiger partial charge in [-0.25, -0.2) is 0 Å². The molecule has 0 saturated heterocycles. The molecule has 2 rings (SSSR count). The van der Waals surface area contributed by atoms with Gasteiger partial charge >= 0.3 is 0 Å². The molecule has 2 aromatic carbocycles. The maximum Gasteiger partial charge on any atom is 0.0614 e. The van der Waals surface area contributed by atoms with Gasteiger partial charge in [0.05, 0.1) is 13.1 Å². The summed E-state index contributed by atoms with van der Waals surface area (Å²) in [5, 5.41) is 6.58. The second kappa shape index (κ2) is 7.29. The average Bonchev–Trinajstić information content (AvgIpc) is 2.47. The van der Waals surface area contributed by atoms with Gasteiger partial charge in [-0.2, -0.15) is 5.10 Å². The van der Waals surface area contributed by atoms with Crippen molar-refractivity contribution in [1.82, 2.24) is 5.01 Å². The highest BCUT2D eigenvalue weighted by molar-refractivity contribution is 5.76. The molecule has 2 aromatic rings. The second-order valence-corrected chi connectivity index (χ2v) is 4.88. The normalized spacial score (nSPS) is 10.7. The average molecular weight is 264 g/mol. The van der Waals surface area contributed by atoms with E-state index >= 15 is 0 Å². The van der Waals surface area contributed by atoms with Crippen molar-refractivity contribution in [1.29, 1.82) is 0 Å². The molecule has 0 amide bonds. The molecule has 0 aliphatic carbocycles. The Balaban J connectivity index is 2.10. The maximum absolute atomic E-state index is 4.52. The van der Waals surface area contributed by atoms with E-state index in [1.165, 1.54) is 11.1 Å². The molecule has 0 radical (unpaired) electrons. The van der Waals surface area contributed by atoms with Crippen molar-refractivity contribution < 1.29 is 0 Å². The molecule has 102 valence electrons. The molecule has 0 aliphatic rings. The van der Waals surface area contributed by atoms with Crippen molar-refractivity contribution in [2.45, 2.75) is 20.0 Å². The number of benzene rings is 2. The lowest BCUT2D eigenvalue weighted by atomic mass is 10.2. The van der Waals surface area contributed by atoms with E-state index in [2.05, 4.69) is 65.2 Å². The molecule has 0 saturated carbocycles. The Morgan fingerprint density at radius 3 is 1.80 bits per heavy atom. The van der Waals surface area contributed by atoms with Gasteiger partial charge in [-0.3, -0.25) is 5.01 Å². The summed E-state index contributed by atoms with van der Waals surface area (Å²) in [6.07, 6.45) is 1.81. The molecular formula is C18H20N2. The summed E-state index contributed by atoms with van der Waals surface area (Å²) in [5.41, 5.74) is 3.46. The summed E-state index contributed by atoms with van der Waals surface area (Å²) in [6.45, 7) is 7.40. The largest absolute Gasteiger partial charge is 0.288 e. The van der Waals surface area contributed by atoms with Gasteiger partial charge in [0, 0.05) is 6.21 Å². The SMILES string of the molecule is C=C(C)/C=N\N(Cc1ccccc1)Cc1ccccc1. The summed E-state index contributed by atoms with van der Waals surface area (Å²) in [5.74, 6) is 0. The lowest BCUT2D eigenvalue weighted by molar-refractivity contribution is 0.272. The van der Waals surface area contributed by atoms with E-state index in [4.69, 9.17) is 0 Å². The molecule has 0 aromatic heterocycles. The predicted octanol–water partition coefficient (Wildman–Crippen LogP) is 4.25. The second-order valence-electron chi connectivity index (χ2n) is 4.88. The van der Waals surface area contributed by atoms with Crippen LogP contribution in [0, 0.1) is 0 Å². The highest BCUT2D eigenvalue weighted by Crippen LogP contribution is 2.10. The van der Waals surface area contributed by atoms with Gasteiger partial charge in [0.15, 0.2) is 0 Å². The standard InChI is InChI=1S/C18H20N2/c1-16(2)13-19-20(14-17-9-5-3-6-10-17)15-18-11-7-4-8-12-18/h3-13H,1,14-15H2,2H3/b19-13-. The molecule has 0 N–H and O–H groups in total. The Morgan fingerprint density at radius 1 is 0.950 bits per heavy atom. The molecule has 0 bridgehead atoms. The van der Waals surface area contributed by atoms with Crippen molar-refractivity contribution in [2.24, 2.45) is 5.10 Å². The highest BCUT2D eigenvalue weighted by atomic mass is 15.4. The molecule has 2 heteroatoms. The number of nitrogens with zero attached hydrogens (tertiary/aromatic N) is 2. The molecule has 0 spiro atoms. The third kappa shape index (κ3) is 4.73. The topological polar surface area (TPSA) is 15.6 Å². The monoisotopic (exact) mass is 264 g/mol. The molecule has 0 heterocycles. The van der Waals surface area contributed by atoms with Crippen LogP contribution in [0.15, 0.2) is 77.9 Å². The highest BCUT2D eigenvalue weighted by Gasteiger charge is 2.03. The zero-order valence-electron chi connectivity index (χ0n) is 11.9. The fourth-order valence-corrected chi connectivity index (χ4v) is 1.91. The number of hydrogen-bond acceptors (Lipinski definition) is 2. The van der Waals surface area contributed by atoms with Crippen LogP contribution in [0.2, 0.25) is 0 Å². The molecule has 0 unspecified atom stereocenters. The van der Waals surface area contributed by atoms with E-state index in [1.807, 2.05) is 25.3 Å². The van der Waals surface area contributed by atoms with Crippen LogP contribution in [0.4, 0.5) is 0 Å². The van der Waals surface area contributed by atoms with E-state index in [1.54, 1.807) is 0 Å². The summed E-state index contributed by atoms with van der Waals surface area (Å²) in [6, 6.07) is 20.8. The van der Waals surface area contributed by atoms with Crippen LogP contribution < -0.4 is 0 Å². The summed E-state index contributed by atoms with van der Waals surface area (Å²) < 4.78 is 0. The zero-order chi connectivity index (χ0) is 14.2. The van der Waals surface area contributed by atoms with Crippen LogP contribution in [-0.4, -0.2) is 11.2 Å². The fraction of sp³-hybridized carbons (Fsp3) is 0.167. The quantitative estimate of drug-likeness (QED) is 0.562. The minimum Gasteiger partial charge on any atom is -0.288 e. The van der Waals surface area contributed by atoms with Gasteiger partial charge in [-0.15, -0.1) is 0 Å². The molecular weight excluding hydrogens is 244 g/mol. The van der Waals surface area contributed by atoms with Gasteiger partial charge in [0.2, 0.25) is 0 Å². The summed E-state index contributed by atoms with van der Waals surface area (Å²) in [7, 11) is 0. The first kappa shape index (κ1) is 14.1. The van der Waals surface area contributed by atoms with E-state index in [9.17, 15) is 0 Å².